The van der Waals surface area contributed by atoms with E-state index >= 15 is 0 Å². The highest BCUT2D eigenvalue weighted by Gasteiger charge is 2.30. The Labute approximate surface area is 231 Å². The van der Waals surface area contributed by atoms with Gasteiger partial charge in [0.25, 0.3) is 0 Å². The maximum atomic E-state index is 13.6. The molecule has 204 valence electrons. The van der Waals surface area contributed by atoms with Gasteiger partial charge in [0.15, 0.2) is 0 Å². The first kappa shape index (κ1) is 30.9. The summed E-state index contributed by atoms with van der Waals surface area (Å²) in [5.74, 6) is -0.836. The van der Waals surface area contributed by atoms with Crippen LogP contribution in [0.3, 0.4) is 0 Å². The van der Waals surface area contributed by atoms with E-state index < -0.39 is 28.5 Å². The smallest absolute Gasteiger partial charge is 0.244 e. The third kappa shape index (κ3) is 8.90. The lowest BCUT2D eigenvalue weighted by atomic mass is 9.87. The van der Waals surface area contributed by atoms with Gasteiger partial charge in [0.05, 0.1) is 22.0 Å². The Morgan fingerprint density at radius 1 is 1.03 bits per heavy atom. The van der Waals surface area contributed by atoms with E-state index in [9.17, 15) is 18.0 Å². The Kier molecular flexibility index (Phi) is 10.9. The molecule has 0 heterocycles. The van der Waals surface area contributed by atoms with Gasteiger partial charge in [0.1, 0.15) is 12.6 Å². The molecule has 0 saturated heterocycles. The third-order valence-electron chi connectivity index (χ3n) is 6.03. The number of hydrogen-bond acceptors (Lipinski definition) is 4. The van der Waals surface area contributed by atoms with Crippen LogP contribution in [0.15, 0.2) is 42.5 Å². The number of rotatable bonds is 11. The molecule has 37 heavy (non-hydrogen) atoms. The second kappa shape index (κ2) is 13.0. The highest BCUT2D eigenvalue weighted by Crippen LogP contribution is 2.27. The number of nitrogens with one attached hydrogen (secondary N) is 1. The van der Waals surface area contributed by atoms with E-state index in [1.54, 1.807) is 37.3 Å². The number of anilines is 1. The van der Waals surface area contributed by atoms with E-state index in [0.717, 1.165) is 29.0 Å². The van der Waals surface area contributed by atoms with E-state index in [0.29, 0.717) is 27.8 Å². The molecule has 0 spiro atoms. The number of carbonyl (C=O) groups is 2. The van der Waals surface area contributed by atoms with Crippen LogP contribution < -0.4 is 9.62 Å². The fourth-order valence-electron chi connectivity index (χ4n) is 3.69. The highest BCUT2D eigenvalue weighted by atomic mass is 35.5. The van der Waals surface area contributed by atoms with E-state index in [4.69, 9.17) is 23.2 Å². The maximum absolute atomic E-state index is 13.6. The zero-order chi connectivity index (χ0) is 28.0. The number of sulfonamides is 1. The summed E-state index contributed by atoms with van der Waals surface area (Å²) in [6.07, 6.45) is 2.78. The minimum atomic E-state index is -3.80. The van der Waals surface area contributed by atoms with E-state index in [-0.39, 0.29) is 17.9 Å². The zero-order valence-electron chi connectivity index (χ0n) is 22.3. The molecule has 2 rings (SSSR count). The Morgan fingerprint density at radius 3 is 2.16 bits per heavy atom. The van der Waals surface area contributed by atoms with Crippen molar-refractivity contribution in [1.82, 2.24) is 10.2 Å². The lowest BCUT2D eigenvalue weighted by Gasteiger charge is -2.31. The van der Waals surface area contributed by atoms with Crippen molar-refractivity contribution in [2.75, 3.05) is 23.7 Å². The Morgan fingerprint density at radius 2 is 1.65 bits per heavy atom. The molecule has 10 heteroatoms. The monoisotopic (exact) mass is 569 g/mol. The molecule has 2 aromatic rings. The number of unbranched alkanes of at least 4 members (excludes halogenated alkanes) is 1. The Balaban J connectivity index is 2.39. The van der Waals surface area contributed by atoms with Crippen LogP contribution in [0, 0.1) is 0 Å². The maximum Gasteiger partial charge on any atom is 0.244 e. The average molecular weight is 571 g/mol. The molecule has 0 radical (unpaired) electrons. The molecule has 0 unspecified atom stereocenters. The second-order valence-corrected chi connectivity index (χ2v) is 12.9. The number of nitrogens with zero attached hydrogens (tertiary/aromatic N) is 2. The number of carbonyl (C=O) groups excluding carboxylic acids is 2. The quantitative estimate of drug-likeness (QED) is 0.367. The van der Waals surface area contributed by atoms with Crippen molar-refractivity contribution < 1.29 is 18.0 Å². The van der Waals surface area contributed by atoms with Crippen LogP contribution in [-0.4, -0.2) is 50.5 Å². The molecule has 0 bridgehead atoms. The molecule has 7 nitrogen and oxygen atoms in total. The summed E-state index contributed by atoms with van der Waals surface area (Å²) in [5.41, 5.74) is 1.96. The van der Waals surface area contributed by atoms with Gasteiger partial charge in [-0.3, -0.25) is 13.9 Å². The zero-order valence-corrected chi connectivity index (χ0v) is 24.7. The largest absolute Gasteiger partial charge is 0.354 e. The number of amides is 2. The van der Waals surface area contributed by atoms with Crippen LogP contribution in [0.5, 0.6) is 0 Å². The van der Waals surface area contributed by atoms with E-state index in [1.807, 2.05) is 19.1 Å². The second-order valence-electron chi connectivity index (χ2n) is 10.2. The summed E-state index contributed by atoms with van der Waals surface area (Å²) in [5, 5.41) is 3.54. The predicted octanol–water partition coefficient (Wildman–Crippen LogP) is 5.39. The van der Waals surface area contributed by atoms with Crippen LogP contribution in [0.25, 0.3) is 0 Å². The first-order valence-electron chi connectivity index (χ1n) is 12.2. The molecule has 2 aromatic carbocycles. The van der Waals surface area contributed by atoms with Crippen molar-refractivity contribution in [3.8, 4) is 0 Å². The summed E-state index contributed by atoms with van der Waals surface area (Å²) < 4.78 is 26.5. The standard InChI is InChI=1S/C27H37Cl2N3O4S/c1-7-8-15-30-26(34)19(2)31(17-20-9-14-23(28)24(29)16-20)25(33)18-32(37(6,35)36)22-12-10-21(11-13-22)27(3,4)5/h9-14,16,19H,7-8,15,17-18H2,1-6H3,(H,30,34)/t19-/m1/s1. The first-order chi connectivity index (χ1) is 17.1. The summed E-state index contributed by atoms with van der Waals surface area (Å²) in [7, 11) is -3.80. The fraction of sp³-hybridized carbons (Fsp3) is 0.481. The van der Waals surface area contributed by atoms with Gasteiger partial charge < -0.3 is 10.2 Å². The van der Waals surface area contributed by atoms with Gasteiger partial charge in [-0.05, 0) is 54.2 Å². The van der Waals surface area contributed by atoms with Crippen molar-refractivity contribution in [2.45, 2.75) is 65.5 Å². The van der Waals surface area contributed by atoms with Gasteiger partial charge in [-0.25, -0.2) is 8.42 Å². The van der Waals surface area contributed by atoms with Crippen LogP contribution in [0.4, 0.5) is 5.69 Å². The number of halogens is 2. The highest BCUT2D eigenvalue weighted by molar-refractivity contribution is 7.92. The lowest BCUT2D eigenvalue weighted by molar-refractivity contribution is -0.139. The Hall–Kier alpha value is -2.29. The molecule has 2 amide bonds. The van der Waals surface area contributed by atoms with Gasteiger partial charge >= 0.3 is 0 Å². The summed E-state index contributed by atoms with van der Waals surface area (Å²) in [6.45, 7) is 9.92. The molecular formula is C27H37Cl2N3O4S. The van der Waals surface area contributed by atoms with Crippen LogP contribution in [0.1, 0.15) is 58.6 Å². The fourth-order valence-corrected chi connectivity index (χ4v) is 4.87. The van der Waals surface area contributed by atoms with E-state index in [1.165, 1.54) is 4.90 Å². The van der Waals surface area contributed by atoms with Crippen molar-refractivity contribution in [3.63, 3.8) is 0 Å². The molecule has 0 aliphatic heterocycles. The predicted molar refractivity (Wildman–Crippen MR) is 152 cm³/mol. The van der Waals surface area contributed by atoms with Gasteiger partial charge in [-0.2, -0.15) is 0 Å². The first-order valence-corrected chi connectivity index (χ1v) is 14.8. The summed E-state index contributed by atoms with van der Waals surface area (Å²) >= 11 is 12.2. The van der Waals surface area contributed by atoms with Gasteiger partial charge in [-0.15, -0.1) is 0 Å². The molecule has 0 aromatic heterocycles. The molecule has 1 N–H and O–H groups in total. The number of hydrogen-bond donors (Lipinski definition) is 1. The van der Waals surface area contributed by atoms with Crippen molar-refractivity contribution in [1.29, 1.82) is 0 Å². The van der Waals surface area contributed by atoms with Gasteiger partial charge in [-0.1, -0.05) is 75.5 Å². The molecule has 0 aliphatic rings. The van der Waals surface area contributed by atoms with Gasteiger partial charge in [0.2, 0.25) is 21.8 Å². The van der Waals surface area contributed by atoms with Gasteiger partial charge in [0, 0.05) is 13.1 Å². The normalized spacial score (nSPS) is 12.6. The molecule has 0 fully saturated rings. The van der Waals surface area contributed by atoms with Crippen LogP contribution in [-0.2, 0) is 31.6 Å². The summed E-state index contributed by atoms with van der Waals surface area (Å²) in [6, 6.07) is 11.2. The average Bonchev–Trinajstić information content (AvgIpc) is 2.81. The van der Waals surface area contributed by atoms with Crippen LogP contribution in [0.2, 0.25) is 10.0 Å². The molecule has 0 saturated carbocycles. The SMILES string of the molecule is CCCCNC(=O)[C@@H](C)N(Cc1ccc(Cl)c(Cl)c1)C(=O)CN(c1ccc(C(C)(C)C)cc1)S(C)(=O)=O. The van der Waals surface area contributed by atoms with Crippen LogP contribution >= 0.6 is 23.2 Å². The minimum Gasteiger partial charge on any atom is -0.354 e. The van der Waals surface area contributed by atoms with Crippen molar-refractivity contribution in [2.24, 2.45) is 0 Å². The Bertz CT molecular complexity index is 1200. The molecule has 1 atom stereocenters. The van der Waals surface area contributed by atoms with E-state index in [2.05, 4.69) is 26.1 Å². The third-order valence-corrected chi connectivity index (χ3v) is 7.91. The minimum absolute atomic E-state index is 0.0542. The molecule has 0 aliphatic carbocycles. The molecular weight excluding hydrogens is 533 g/mol. The topological polar surface area (TPSA) is 86.8 Å². The summed E-state index contributed by atoms with van der Waals surface area (Å²) in [4.78, 5) is 27.9. The van der Waals surface area contributed by atoms with Crippen molar-refractivity contribution in [3.05, 3.63) is 63.6 Å². The lowest BCUT2D eigenvalue weighted by Crippen LogP contribution is -2.51. The van der Waals surface area contributed by atoms with Crippen molar-refractivity contribution >= 4 is 50.7 Å². The number of benzene rings is 2.